The largest absolute Gasteiger partial charge is 0.444 e. The van der Waals surface area contributed by atoms with Crippen molar-refractivity contribution < 1.29 is 9.53 Å². The average molecular weight is 279 g/mol. The van der Waals surface area contributed by atoms with Gasteiger partial charge in [0, 0.05) is 29.9 Å². The molecule has 0 aliphatic rings. The number of carbonyl (C=O) groups excluding carboxylic acids is 1. The van der Waals surface area contributed by atoms with Crippen LogP contribution >= 0.6 is 0 Å². The van der Waals surface area contributed by atoms with E-state index < -0.39 is 17.1 Å². The molecule has 20 heavy (non-hydrogen) atoms. The van der Waals surface area contributed by atoms with E-state index in [1.54, 1.807) is 0 Å². The van der Waals surface area contributed by atoms with Crippen molar-refractivity contribution in [2.24, 2.45) is 5.73 Å². The van der Waals surface area contributed by atoms with Gasteiger partial charge in [-0.3, -0.25) is 4.98 Å². The van der Waals surface area contributed by atoms with Gasteiger partial charge in [0.15, 0.2) is 0 Å². The van der Waals surface area contributed by atoms with Crippen molar-refractivity contribution in [2.45, 2.75) is 45.6 Å². The number of hydrogen-bond donors (Lipinski definition) is 2. The molecule has 1 aromatic heterocycles. The molecule has 1 atom stereocenters. The Morgan fingerprint density at radius 1 is 1.35 bits per heavy atom. The van der Waals surface area contributed by atoms with Crippen molar-refractivity contribution in [2.75, 3.05) is 13.1 Å². The van der Waals surface area contributed by atoms with E-state index in [2.05, 4.69) is 10.3 Å². The standard InChI is InChI=1S/C15H25N3O2/c1-11-7-6-8-12(18-11)15(5,9-16)10-17-13(19)20-14(2,3)4/h6-8H,9-10,16H2,1-5H3,(H,17,19). The van der Waals surface area contributed by atoms with Crippen LogP contribution in [0.2, 0.25) is 0 Å². The van der Waals surface area contributed by atoms with Crippen molar-refractivity contribution in [1.29, 1.82) is 0 Å². The van der Waals surface area contributed by atoms with Crippen molar-refractivity contribution in [3.8, 4) is 0 Å². The number of aryl methyl sites for hydroxylation is 1. The van der Waals surface area contributed by atoms with E-state index in [1.807, 2.05) is 52.8 Å². The summed E-state index contributed by atoms with van der Waals surface area (Å²) in [5, 5.41) is 2.77. The van der Waals surface area contributed by atoms with Crippen LogP contribution in [0.25, 0.3) is 0 Å². The Labute approximate surface area is 120 Å². The van der Waals surface area contributed by atoms with Gasteiger partial charge in [0.05, 0.1) is 0 Å². The summed E-state index contributed by atoms with van der Waals surface area (Å²) in [5.74, 6) is 0. The quantitative estimate of drug-likeness (QED) is 0.885. The van der Waals surface area contributed by atoms with Crippen LogP contribution in [0.4, 0.5) is 4.79 Å². The Morgan fingerprint density at radius 3 is 2.50 bits per heavy atom. The van der Waals surface area contributed by atoms with Gasteiger partial charge in [-0.2, -0.15) is 0 Å². The maximum Gasteiger partial charge on any atom is 0.407 e. The Kier molecular flexibility index (Phi) is 5.11. The number of nitrogens with two attached hydrogens (primary N) is 1. The predicted molar refractivity (Wildman–Crippen MR) is 79.6 cm³/mol. The van der Waals surface area contributed by atoms with Crippen LogP contribution in [0.3, 0.4) is 0 Å². The first-order chi connectivity index (χ1) is 9.16. The van der Waals surface area contributed by atoms with Crippen LogP contribution in [-0.4, -0.2) is 29.8 Å². The summed E-state index contributed by atoms with van der Waals surface area (Å²) in [6, 6.07) is 5.80. The lowest BCUT2D eigenvalue weighted by atomic mass is 9.86. The minimum Gasteiger partial charge on any atom is -0.444 e. The molecule has 0 bridgehead atoms. The minimum atomic E-state index is -0.509. The molecule has 1 rings (SSSR count). The number of hydrogen-bond acceptors (Lipinski definition) is 4. The van der Waals surface area contributed by atoms with Crippen molar-refractivity contribution in [3.05, 3.63) is 29.6 Å². The van der Waals surface area contributed by atoms with Crippen LogP contribution in [-0.2, 0) is 10.2 Å². The first-order valence-electron chi connectivity index (χ1n) is 6.77. The lowest BCUT2D eigenvalue weighted by molar-refractivity contribution is 0.0516. The molecule has 3 N–H and O–H groups in total. The zero-order valence-electron chi connectivity index (χ0n) is 13.0. The van der Waals surface area contributed by atoms with Gasteiger partial charge in [-0.05, 0) is 39.8 Å². The number of rotatable bonds is 4. The van der Waals surface area contributed by atoms with E-state index in [-0.39, 0.29) is 0 Å². The molecule has 0 saturated heterocycles. The predicted octanol–water partition coefficient (Wildman–Crippen LogP) is 2.13. The van der Waals surface area contributed by atoms with Gasteiger partial charge in [-0.25, -0.2) is 4.79 Å². The molecule has 1 heterocycles. The molecule has 5 heteroatoms. The highest BCUT2D eigenvalue weighted by Gasteiger charge is 2.28. The summed E-state index contributed by atoms with van der Waals surface area (Å²) in [6.45, 7) is 10.2. The topological polar surface area (TPSA) is 77.2 Å². The number of ether oxygens (including phenoxy) is 1. The Bertz CT molecular complexity index is 468. The molecule has 1 unspecified atom stereocenters. The van der Waals surface area contributed by atoms with E-state index in [4.69, 9.17) is 10.5 Å². The first kappa shape index (κ1) is 16.4. The van der Waals surface area contributed by atoms with Gasteiger partial charge < -0.3 is 15.8 Å². The highest BCUT2D eigenvalue weighted by atomic mass is 16.6. The number of pyridine rings is 1. The second kappa shape index (κ2) is 6.22. The van der Waals surface area contributed by atoms with Gasteiger partial charge in [-0.15, -0.1) is 0 Å². The van der Waals surface area contributed by atoms with Crippen LogP contribution < -0.4 is 11.1 Å². The van der Waals surface area contributed by atoms with Gasteiger partial charge in [0.2, 0.25) is 0 Å². The summed E-state index contributed by atoms with van der Waals surface area (Å²) >= 11 is 0. The third-order valence-corrected chi connectivity index (χ3v) is 2.98. The molecule has 0 aromatic carbocycles. The van der Waals surface area contributed by atoms with Crippen LogP contribution in [0.15, 0.2) is 18.2 Å². The molecule has 0 saturated carbocycles. The molecule has 112 valence electrons. The molecule has 0 aliphatic heterocycles. The first-order valence-corrected chi connectivity index (χ1v) is 6.77. The molecule has 1 amide bonds. The zero-order chi connectivity index (χ0) is 15.4. The lowest BCUT2D eigenvalue weighted by Crippen LogP contribution is -2.45. The summed E-state index contributed by atoms with van der Waals surface area (Å²) in [5.41, 5.74) is 6.75. The molecule has 5 nitrogen and oxygen atoms in total. The van der Waals surface area contributed by atoms with Gasteiger partial charge in [0.25, 0.3) is 0 Å². The number of nitrogens with one attached hydrogen (secondary N) is 1. The minimum absolute atomic E-state index is 0.384. The smallest absolute Gasteiger partial charge is 0.407 e. The van der Waals surface area contributed by atoms with E-state index in [1.165, 1.54) is 0 Å². The van der Waals surface area contributed by atoms with Gasteiger partial charge in [0.1, 0.15) is 5.60 Å². The zero-order valence-corrected chi connectivity index (χ0v) is 13.0. The van der Waals surface area contributed by atoms with Crippen molar-refractivity contribution in [1.82, 2.24) is 10.3 Å². The van der Waals surface area contributed by atoms with E-state index >= 15 is 0 Å². The molecule has 0 spiro atoms. The number of nitrogens with zero attached hydrogens (tertiary/aromatic N) is 1. The van der Waals surface area contributed by atoms with Gasteiger partial charge >= 0.3 is 6.09 Å². The number of amides is 1. The Hall–Kier alpha value is -1.62. The molecule has 1 aromatic rings. The highest BCUT2D eigenvalue weighted by molar-refractivity contribution is 5.67. The molecule has 0 fully saturated rings. The second-order valence-corrected chi connectivity index (χ2v) is 6.28. The second-order valence-electron chi connectivity index (χ2n) is 6.28. The van der Waals surface area contributed by atoms with E-state index in [0.717, 1.165) is 11.4 Å². The normalized spacial score (nSPS) is 14.5. The molecular formula is C15H25N3O2. The third-order valence-electron chi connectivity index (χ3n) is 2.98. The molecular weight excluding hydrogens is 254 g/mol. The van der Waals surface area contributed by atoms with Crippen LogP contribution in [0.1, 0.15) is 39.1 Å². The maximum absolute atomic E-state index is 11.7. The number of alkyl carbamates (subject to hydrolysis) is 1. The highest BCUT2D eigenvalue weighted by Crippen LogP contribution is 2.20. The summed E-state index contributed by atoms with van der Waals surface area (Å²) in [6.07, 6.45) is -0.440. The monoisotopic (exact) mass is 279 g/mol. The molecule has 0 radical (unpaired) electrons. The van der Waals surface area contributed by atoms with Crippen molar-refractivity contribution in [3.63, 3.8) is 0 Å². The fraction of sp³-hybridized carbons (Fsp3) is 0.600. The summed E-state index contributed by atoms with van der Waals surface area (Å²) < 4.78 is 5.23. The van der Waals surface area contributed by atoms with Crippen molar-refractivity contribution >= 4 is 6.09 Å². The Balaban J connectivity index is 2.74. The lowest BCUT2D eigenvalue weighted by Gasteiger charge is -2.29. The number of aromatic nitrogens is 1. The summed E-state index contributed by atoms with van der Waals surface area (Å²) in [4.78, 5) is 16.2. The fourth-order valence-corrected chi connectivity index (χ4v) is 1.73. The van der Waals surface area contributed by atoms with Crippen LogP contribution in [0.5, 0.6) is 0 Å². The number of carbonyl (C=O) groups is 1. The van der Waals surface area contributed by atoms with Crippen LogP contribution in [0, 0.1) is 6.92 Å². The SMILES string of the molecule is Cc1cccc(C(C)(CN)CNC(=O)OC(C)(C)C)n1. The fourth-order valence-electron chi connectivity index (χ4n) is 1.73. The average Bonchev–Trinajstić information content (AvgIpc) is 2.34. The Morgan fingerprint density at radius 2 is 2.00 bits per heavy atom. The van der Waals surface area contributed by atoms with E-state index in [9.17, 15) is 4.79 Å². The summed E-state index contributed by atoms with van der Waals surface area (Å²) in [7, 11) is 0. The van der Waals surface area contributed by atoms with E-state index in [0.29, 0.717) is 13.1 Å². The molecule has 0 aliphatic carbocycles. The maximum atomic E-state index is 11.7. The third kappa shape index (κ3) is 4.81. The van der Waals surface area contributed by atoms with Gasteiger partial charge in [-0.1, -0.05) is 13.0 Å².